The lowest BCUT2D eigenvalue weighted by Crippen LogP contribution is -2.55. The lowest BCUT2D eigenvalue weighted by molar-refractivity contribution is -0.137. The van der Waals surface area contributed by atoms with Gasteiger partial charge in [0.2, 0.25) is 0 Å². The van der Waals surface area contributed by atoms with Crippen LogP contribution in [0, 0.1) is 0 Å². The van der Waals surface area contributed by atoms with Crippen molar-refractivity contribution < 1.29 is 18.0 Å². The molecule has 1 fully saturated rings. The van der Waals surface area contributed by atoms with Crippen LogP contribution in [-0.4, -0.2) is 30.1 Å². The van der Waals surface area contributed by atoms with Gasteiger partial charge in [-0.3, -0.25) is 10.1 Å². The van der Waals surface area contributed by atoms with E-state index in [4.69, 9.17) is 28.9 Å². The van der Waals surface area contributed by atoms with Crippen LogP contribution in [0.1, 0.15) is 27.5 Å². The van der Waals surface area contributed by atoms with E-state index in [1.807, 2.05) is 0 Å². The molecule has 0 radical (unpaired) electrons. The fourth-order valence-corrected chi connectivity index (χ4v) is 4.16. The van der Waals surface area contributed by atoms with Crippen molar-refractivity contribution in [1.82, 2.24) is 10.2 Å². The Bertz CT molecular complexity index is 948. The Morgan fingerprint density at radius 3 is 2.63 bits per heavy atom. The fraction of sp³-hybridized carbons (Fsp3) is 0.278. The van der Waals surface area contributed by atoms with Gasteiger partial charge in [0.05, 0.1) is 23.3 Å². The van der Waals surface area contributed by atoms with E-state index in [9.17, 15) is 18.0 Å². The largest absolute Gasteiger partial charge is 0.417 e. The van der Waals surface area contributed by atoms with E-state index in [1.54, 1.807) is 12.1 Å². The van der Waals surface area contributed by atoms with Gasteiger partial charge in [0.25, 0.3) is 5.91 Å². The first-order valence-electron chi connectivity index (χ1n) is 8.19. The molecule has 1 saturated heterocycles. The quantitative estimate of drug-likeness (QED) is 0.737. The summed E-state index contributed by atoms with van der Waals surface area (Å²) < 4.78 is 41.4. The summed E-state index contributed by atoms with van der Waals surface area (Å²) in [7, 11) is 0. The number of nitrogens with one attached hydrogen (secondary N) is 1. The molecule has 2 atom stereocenters. The van der Waals surface area contributed by atoms with Gasteiger partial charge in [-0.25, -0.2) is 0 Å². The predicted octanol–water partition coefficient (Wildman–Crippen LogP) is 4.06. The van der Waals surface area contributed by atoms with E-state index < -0.39 is 29.9 Å². The minimum absolute atomic E-state index is 0.237. The number of hydrogen-bond acceptors (Lipinski definition) is 3. The van der Waals surface area contributed by atoms with Crippen molar-refractivity contribution in [1.29, 1.82) is 0 Å². The summed E-state index contributed by atoms with van der Waals surface area (Å²) in [5.41, 5.74) is 5.59. The predicted molar refractivity (Wildman–Crippen MR) is 96.7 cm³/mol. The van der Waals surface area contributed by atoms with Crippen molar-refractivity contribution in [3.63, 3.8) is 0 Å². The Balaban J connectivity index is 1.99. The highest BCUT2D eigenvalue weighted by Crippen LogP contribution is 2.46. The van der Waals surface area contributed by atoms with Gasteiger partial charge in [-0.1, -0.05) is 23.2 Å². The smallest absolute Gasteiger partial charge is 0.327 e. The van der Waals surface area contributed by atoms with Crippen molar-refractivity contribution in [2.24, 2.45) is 5.73 Å². The van der Waals surface area contributed by atoms with Crippen molar-refractivity contribution in [2.45, 2.75) is 18.4 Å². The number of carbonyl (C=O) groups is 1. The Kier molecular flexibility index (Phi) is 4.38. The number of amides is 1. The molecule has 1 amide bonds. The minimum Gasteiger partial charge on any atom is -0.327 e. The van der Waals surface area contributed by atoms with E-state index >= 15 is 0 Å². The number of halogens is 5. The molecule has 2 aliphatic heterocycles. The van der Waals surface area contributed by atoms with Gasteiger partial charge in [-0.2, -0.15) is 13.2 Å². The molecule has 4 nitrogen and oxygen atoms in total. The molecule has 0 aliphatic carbocycles. The maximum absolute atomic E-state index is 13.8. The summed E-state index contributed by atoms with van der Waals surface area (Å²) in [6, 6.07) is 6.41. The van der Waals surface area contributed by atoms with Gasteiger partial charge in [-0.15, -0.1) is 0 Å². The van der Waals surface area contributed by atoms with E-state index in [1.165, 1.54) is 17.0 Å². The maximum atomic E-state index is 13.8. The third kappa shape index (κ3) is 2.99. The van der Waals surface area contributed by atoms with Crippen LogP contribution in [0.5, 0.6) is 0 Å². The van der Waals surface area contributed by atoms with Crippen LogP contribution in [0.4, 0.5) is 13.2 Å². The van der Waals surface area contributed by atoms with Crippen LogP contribution in [0.2, 0.25) is 10.0 Å². The lowest BCUT2D eigenvalue weighted by Gasteiger charge is -2.35. The molecule has 0 aromatic heterocycles. The Morgan fingerprint density at radius 2 is 1.93 bits per heavy atom. The molecule has 4 rings (SSSR count). The Hall–Kier alpha value is -1.80. The van der Waals surface area contributed by atoms with Crippen molar-refractivity contribution >= 4 is 29.1 Å². The van der Waals surface area contributed by atoms with Gasteiger partial charge in [0, 0.05) is 28.7 Å². The summed E-state index contributed by atoms with van der Waals surface area (Å²) >= 11 is 12.2. The molecule has 2 aliphatic rings. The third-order valence-electron chi connectivity index (χ3n) is 4.92. The minimum atomic E-state index is -4.70. The first kappa shape index (κ1) is 18.6. The van der Waals surface area contributed by atoms with E-state index in [0.29, 0.717) is 17.1 Å². The summed E-state index contributed by atoms with van der Waals surface area (Å²) in [6.45, 7) is 0.710. The SMILES string of the molecule is N[C@@H]1NCCN2C(=O)c3c(cc(-c4cc(Cl)ccc4Cl)cc3C(F)(F)F)C12. The zero-order chi connectivity index (χ0) is 19.5. The number of carbonyl (C=O) groups excluding carboxylic acids is 1. The molecule has 0 bridgehead atoms. The number of nitrogens with zero attached hydrogens (tertiary/aromatic N) is 1. The normalized spacial score (nSPS) is 22.0. The summed E-state index contributed by atoms with van der Waals surface area (Å²) in [6.07, 6.45) is -5.36. The average Bonchev–Trinajstić information content (AvgIpc) is 2.89. The van der Waals surface area contributed by atoms with Gasteiger partial charge < -0.3 is 10.6 Å². The van der Waals surface area contributed by atoms with Crippen LogP contribution < -0.4 is 11.1 Å². The van der Waals surface area contributed by atoms with Gasteiger partial charge in [-0.05, 0) is 41.5 Å². The van der Waals surface area contributed by atoms with Crippen LogP contribution >= 0.6 is 23.2 Å². The second-order valence-electron chi connectivity index (χ2n) is 6.53. The monoisotopic (exact) mass is 415 g/mol. The highest BCUT2D eigenvalue weighted by Gasteiger charge is 2.48. The number of benzene rings is 2. The molecule has 142 valence electrons. The Morgan fingerprint density at radius 1 is 1.19 bits per heavy atom. The molecule has 3 N–H and O–H groups in total. The van der Waals surface area contributed by atoms with Crippen LogP contribution in [0.3, 0.4) is 0 Å². The second kappa shape index (κ2) is 6.38. The molecule has 2 aromatic carbocycles. The summed E-state index contributed by atoms with van der Waals surface area (Å²) in [5, 5.41) is 3.62. The van der Waals surface area contributed by atoms with Crippen LogP contribution in [0.15, 0.2) is 30.3 Å². The molecule has 0 spiro atoms. The molecule has 9 heteroatoms. The summed E-state index contributed by atoms with van der Waals surface area (Å²) in [5.74, 6) is -0.650. The van der Waals surface area contributed by atoms with Gasteiger partial charge in [0.1, 0.15) is 0 Å². The van der Waals surface area contributed by atoms with E-state index in [2.05, 4.69) is 5.32 Å². The number of piperazine rings is 1. The van der Waals surface area contributed by atoms with E-state index in [0.717, 1.165) is 6.07 Å². The van der Waals surface area contributed by atoms with Crippen molar-refractivity contribution in [3.05, 3.63) is 57.1 Å². The van der Waals surface area contributed by atoms with Gasteiger partial charge in [0.15, 0.2) is 0 Å². The standard InChI is InChI=1S/C18H14Cl2F3N3O/c19-9-1-2-13(20)10(7-9)8-5-11-14(12(6-8)18(21,22)23)17(27)26-4-3-25-16(24)15(11)26/h1-2,5-7,15-16,25H,3-4,24H2/t15?,16-/m1/s1. The number of fused-ring (bicyclic) bond motifs is 3. The highest BCUT2D eigenvalue weighted by atomic mass is 35.5. The zero-order valence-corrected chi connectivity index (χ0v) is 15.3. The lowest BCUT2D eigenvalue weighted by atomic mass is 9.92. The molecule has 0 saturated carbocycles. The second-order valence-corrected chi connectivity index (χ2v) is 7.38. The number of alkyl halides is 3. The van der Waals surface area contributed by atoms with Crippen LogP contribution in [0.25, 0.3) is 11.1 Å². The average molecular weight is 416 g/mol. The molecule has 2 heterocycles. The fourth-order valence-electron chi connectivity index (χ4n) is 3.76. The maximum Gasteiger partial charge on any atom is 0.417 e. The molecule has 2 aromatic rings. The molecule has 27 heavy (non-hydrogen) atoms. The molecular formula is C18H14Cl2F3N3O. The van der Waals surface area contributed by atoms with Crippen molar-refractivity contribution in [2.75, 3.05) is 13.1 Å². The van der Waals surface area contributed by atoms with E-state index in [-0.39, 0.29) is 28.3 Å². The highest BCUT2D eigenvalue weighted by molar-refractivity contribution is 6.35. The van der Waals surface area contributed by atoms with Crippen molar-refractivity contribution in [3.8, 4) is 11.1 Å². The molecule has 1 unspecified atom stereocenters. The molecular weight excluding hydrogens is 402 g/mol. The third-order valence-corrected chi connectivity index (χ3v) is 5.48. The topological polar surface area (TPSA) is 58.4 Å². The first-order valence-corrected chi connectivity index (χ1v) is 8.94. The number of rotatable bonds is 1. The van der Waals surface area contributed by atoms with Crippen LogP contribution in [-0.2, 0) is 6.18 Å². The number of nitrogens with two attached hydrogens (primary N) is 1. The zero-order valence-electron chi connectivity index (χ0n) is 13.8. The van der Waals surface area contributed by atoms with Gasteiger partial charge >= 0.3 is 6.18 Å². The Labute approximate surface area is 163 Å². The first-order chi connectivity index (χ1) is 12.7. The number of hydrogen-bond donors (Lipinski definition) is 2. The summed E-state index contributed by atoms with van der Waals surface area (Å²) in [4.78, 5) is 14.1.